The van der Waals surface area contributed by atoms with Crippen LogP contribution < -0.4 is 15.5 Å². The molecule has 1 fully saturated rings. The molecule has 2 aromatic rings. The van der Waals surface area contributed by atoms with Crippen LogP contribution in [0.4, 0.5) is 14.6 Å². The van der Waals surface area contributed by atoms with Crippen LogP contribution in [-0.2, 0) is 6.54 Å². The maximum atomic E-state index is 13.8. The summed E-state index contributed by atoms with van der Waals surface area (Å²) in [6.07, 6.45) is 1.91. The normalized spacial score (nSPS) is 15.0. The minimum Gasteiger partial charge on any atom is -0.357 e. The summed E-state index contributed by atoms with van der Waals surface area (Å²) >= 11 is 0. The zero-order chi connectivity index (χ0) is 19.9. The van der Waals surface area contributed by atoms with Gasteiger partial charge in [0.2, 0.25) is 0 Å². The third kappa shape index (κ3) is 6.80. The molecule has 1 aliphatic rings. The highest BCUT2D eigenvalue weighted by molar-refractivity contribution is 14.0. The van der Waals surface area contributed by atoms with Gasteiger partial charge in [0.1, 0.15) is 17.5 Å². The van der Waals surface area contributed by atoms with Crippen LogP contribution in [0.3, 0.4) is 0 Å². The number of guanidine groups is 1. The molecule has 1 aliphatic heterocycles. The Morgan fingerprint density at radius 1 is 1.21 bits per heavy atom. The molecule has 2 heterocycles. The Balaban J connectivity index is 0.00000300. The van der Waals surface area contributed by atoms with E-state index in [0.29, 0.717) is 12.5 Å². The van der Waals surface area contributed by atoms with E-state index in [9.17, 15) is 8.78 Å². The van der Waals surface area contributed by atoms with E-state index in [1.165, 1.54) is 6.07 Å². The van der Waals surface area contributed by atoms with Gasteiger partial charge >= 0.3 is 0 Å². The summed E-state index contributed by atoms with van der Waals surface area (Å²) in [6, 6.07) is 9.78. The highest BCUT2D eigenvalue weighted by atomic mass is 127. The minimum atomic E-state index is -0.457. The molecular weight excluding hydrogens is 487 g/mol. The molecule has 0 bridgehead atoms. The molecule has 0 unspecified atom stereocenters. The van der Waals surface area contributed by atoms with E-state index in [4.69, 9.17) is 0 Å². The quantitative estimate of drug-likeness (QED) is 0.359. The third-order valence-corrected chi connectivity index (χ3v) is 4.79. The number of pyridine rings is 1. The van der Waals surface area contributed by atoms with E-state index in [2.05, 4.69) is 25.5 Å². The Hall–Kier alpha value is -1.97. The zero-order valence-corrected chi connectivity index (χ0v) is 19.1. The number of piperidine rings is 1. The number of hydrogen-bond acceptors (Lipinski definition) is 3. The summed E-state index contributed by atoms with van der Waals surface area (Å²) < 4.78 is 27.1. The minimum absolute atomic E-state index is 0. The van der Waals surface area contributed by atoms with E-state index in [1.54, 1.807) is 0 Å². The van der Waals surface area contributed by atoms with Crippen LogP contribution in [0.15, 0.2) is 41.4 Å². The summed E-state index contributed by atoms with van der Waals surface area (Å²) in [5, 5.41) is 6.60. The number of nitrogens with zero attached hydrogens (tertiary/aromatic N) is 3. The molecule has 1 aromatic heterocycles. The lowest BCUT2D eigenvalue weighted by molar-refractivity contribution is 0.459. The van der Waals surface area contributed by atoms with Gasteiger partial charge in [0.05, 0.1) is 6.54 Å². The van der Waals surface area contributed by atoms with Crippen LogP contribution >= 0.6 is 24.0 Å². The molecule has 0 amide bonds. The first kappa shape index (κ1) is 23.3. The largest absolute Gasteiger partial charge is 0.357 e. The van der Waals surface area contributed by atoms with E-state index in [1.807, 2.05) is 32.0 Å². The second-order valence-electron chi connectivity index (χ2n) is 6.97. The van der Waals surface area contributed by atoms with Crippen molar-refractivity contribution >= 4 is 35.8 Å². The van der Waals surface area contributed by atoms with Gasteiger partial charge in [0, 0.05) is 36.9 Å². The van der Waals surface area contributed by atoms with Gasteiger partial charge in [-0.05, 0) is 57.0 Å². The molecule has 2 N–H and O–H groups in total. The number of hydrogen-bond donors (Lipinski definition) is 2. The van der Waals surface area contributed by atoms with Gasteiger partial charge in [-0.1, -0.05) is 6.07 Å². The molecule has 0 spiro atoms. The van der Waals surface area contributed by atoms with Crippen molar-refractivity contribution in [3.8, 4) is 0 Å². The van der Waals surface area contributed by atoms with Gasteiger partial charge in [-0.15, -0.1) is 24.0 Å². The van der Waals surface area contributed by atoms with E-state index in [-0.39, 0.29) is 42.1 Å². The molecule has 8 heteroatoms. The predicted molar refractivity (Wildman–Crippen MR) is 124 cm³/mol. The molecule has 29 heavy (non-hydrogen) atoms. The first-order valence-electron chi connectivity index (χ1n) is 9.72. The SMILES string of the molecule is CCNC(=NCc1cc(F)ccc1F)NC1CCN(c2cccc(C)n2)CC1.I. The van der Waals surface area contributed by atoms with E-state index >= 15 is 0 Å². The molecule has 5 nitrogen and oxygen atoms in total. The van der Waals surface area contributed by atoms with Crippen LogP contribution in [0.1, 0.15) is 31.0 Å². The number of rotatable bonds is 5. The van der Waals surface area contributed by atoms with Gasteiger partial charge in [-0.25, -0.2) is 18.8 Å². The van der Waals surface area contributed by atoms with Crippen LogP contribution in [0.5, 0.6) is 0 Å². The Kier molecular flexibility index (Phi) is 9.06. The lowest BCUT2D eigenvalue weighted by Crippen LogP contribution is -2.48. The summed E-state index contributed by atoms with van der Waals surface area (Å²) in [6.45, 7) is 6.58. The zero-order valence-electron chi connectivity index (χ0n) is 16.8. The van der Waals surface area contributed by atoms with Crippen molar-refractivity contribution in [3.63, 3.8) is 0 Å². The molecule has 0 radical (unpaired) electrons. The fourth-order valence-electron chi connectivity index (χ4n) is 3.30. The smallest absolute Gasteiger partial charge is 0.191 e. The van der Waals surface area contributed by atoms with Crippen molar-refractivity contribution in [2.24, 2.45) is 4.99 Å². The van der Waals surface area contributed by atoms with Gasteiger partial charge in [-0.3, -0.25) is 0 Å². The third-order valence-electron chi connectivity index (χ3n) is 4.79. The highest BCUT2D eigenvalue weighted by Gasteiger charge is 2.21. The molecule has 3 rings (SSSR count). The lowest BCUT2D eigenvalue weighted by atomic mass is 10.1. The van der Waals surface area contributed by atoms with Crippen molar-refractivity contribution in [2.45, 2.75) is 39.3 Å². The van der Waals surface area contributed by atoms with Gasteiger partial charge < -0.3 is 15.5 Å². The predicted octanol–water partition coefficient (Wildman–Crippen LogP) is 4.01. The second kappa shape index (κ2) is 11.3. The first-order valence-corrected chi connectivity index (χ1v) is 9.72. The second-order valence-corrected chi connectivity index (χ2v) is 6.97. The number of benzene rings is 1. The van der Waals surface area contributed by atoms with Crippen LogP contribution in [0, 0.1) is 18.6 Å². The number of anilines is 1. The standard InChI is InChI=1S/C21H27F2N5.HI/c1-3-24-21(25-14-16-13-17(22)7-8-19(16)23)27-18-9-11-28(12-10-18)20-6-4-5-15(2)26-20;/h4-8,13,18H,3,9-12,14H2,1-2H3,(H2,24,25,27);1H. The Bertz CT molecular complexity index is 822. The number of aryl methyl sites for hydroxylation is 1. The monoisotopic (exact) mass is 515 g/mol. The fraction of sp³-hybridized carbons (Fsp3) is 0.429. The van der Waals surface area contributed by atoms with E-state index in [0.717, 1.165) is 49.6 Å². The Labute approximate surface area is 188 Å². The van der Waals surface area contributed by atoms with Crippen molar-refractivity contribution in [2.75, 3.05) is 24.5 Å². The Morgan fingerprint density at radius 3 is 2.66 bits per heavy atom. The van der Waals surface area contributed by atoms with Crippen LogP contribution in [0.25, 0.3) is 0 Å². The molecule has 1 saturated heterocycles. The maximum Gasteiger partial charge on any atom is 0.191 e. The summed E-state index contributed by atoms with van der Waals surface area (Å²) in [5.74, 6) is 0.737. The Morgan fingerprint density at radius 2 is 1.97 bits per heavy atom. The lowest BCUT2D eigenvalue weighted by Gasteiger charge is -2.34. The number of aromatic nitrogens is 1. The molecule has 0 aliphatic carbocycles. The van der Waals surface area contributed by atoms with Crippen molar-refractivity contribution in [1.29, 1.82) is 0 Å². The van der Waals surface area contributed by atoms with Crippen molar-refractivity contribution < 1.29 is 8.78 Å². The van der Waals surface area contributed by atoms with Crippen molar-refractivity contribution in [1.82, 2.24) is 15.6 Å². The topological polar surface area (TPSA) is 52.6 Å². The molecule has 0 saturated carbocycles. The highest BCUT2D eigenvalue weighted by Crippen LogP contribution is 2.18. The number of nitrogens with one attached hydrogen (secondary N) is 2. The average molecular weight is 515 g/mol. The molecular formula is C21H28F2IN5. The summed E-state index contributed by atoms with van der Waals surface area (Å²) in [7, 11) is 0. The average Bonchev–Trinajstić information content (AvgIpc) is 2.69. The van der Waals surface area contributed by atoms with Gasteiger partial charge in [0.25, 0.3) is 0 Å². The van der Waals surface area contributed by atoms with Crippen LogP contribution in [-0.4, -0.2) is 36.6 Å². The number of aliphatic imine (C=N–C) groups is 1. The number of halogens is 3. The molecule has 158 valence electrons. The summed E-state index contributed by atoms with van der Waals surface area (Å²) in [4.78, 5) is 11.3. The fourth-order valence-corrected chi connectivity index (χ4v) is 3.30. The summed E-state index contributed by atoms with van der Waals surface area (Å²) in [5.41, 5.74) is 1.27. The molecule has 0 atom stereocenters. The maximum absolute atomic E-state index is 13.8. The van der Waals surface area contributed by atoms with Crippen molar-refractivity contribution in [3.05, 3.63) is 59.3 Å². The molecule has 1 aromatic carbocycles. The van der Waals surface area contributed by atoms with Gasteiger partial charge in [-0.2, -0.15) is 0 Å². The first-order chi connectivity index (χ1) is 13.5. The van der Waals surface area contributed by atoms with Crippen LogP contribution in [0.2, 0.25) is 0 Å². The van der Waals surface area contributed by atoms with Gasteiger partial charge in [0.15, 0.2) is 5.96 Å². The van der Waals surface area contributed by atoms with E-state index < -0.39 is 11.6 Å².